The van der Waals surface area contributed by atoms with Gasteiger partial charge < -0.3 is 28.4 Å². The SMILES string of the molecule is CCCCc1nc2c(N(Cc3ccc(OC)cc3)Cc3ccc(OC)cc3)nc3c(c2n1CC1(C)COC(C)(C)OC1)CCCC3. The zero-order valence-electron chi connectivity index (χ0n) is 28.5. The number of aromatic nitrogens is 3. The van der Waals surface area contributed by atoms with Crippen molar-refractivity contribution < 1.29 is 18.9 Å². The lowest BCUT2D eigenvalue weighted by Crippen LogP contribution is -2.47. The van der Waals surface area contributed by atoms with E-state index in [1.54, 1.807) is 14.2 Å². The van der Waals surface area contributed by atoms with Crippen LogP contribution in [0.3, 0.4) is 0 Å². The lowest BCUT2D eigenvalue weighted by Gasteiger charge is -2.42. The minimum atomic E-state index is -0.554. The van der Waals surface area contributed by atoms with E-state index in [0.717, 1.165) is 73.7 Å². The van der Waals surface area contributed by atoms with Gasteiger partial charge in [-0.1, -0.05) is 44.5 Å². The summed E-state index contributed by atoms with van der Waals surface area (Å²) < 4.78 is 25.9. The Morgan fingerprint density at radius 3 is 1.98 bits per heavy atom. The first-order chi connectivity index (χ1) is 22.2. The highest BCUT2D eigenvalue weighted by atomic mass is 16.7. The van der Waals surface area contributed by atoms with Crippen molar-refractivity contribution in [3.8, 4) is 11.5 Å². The Balaban J connectivity index is 1.49. The van der Waals surface area contributed by atoms with Crippen LogP contribution in [0.2, 0.25) is 0 Å². The van der Waals surface area contributed by atoms with E-state index in [1.165, 1.54) is 34.3 Å². The van der Waals surface area contributed by atoms with Crippen molar-refractivity contribution in [2.24, 2.45) is 5.41 Å². The standard InChI is InChI=1S/C38H50N4O4/c1-7-8-13-33-40-34-35(42(33)24-38(4)25-45-37(2,3)46-26-38)31-11-9-10-12-32(31)39-36(34)41(22-27-14-18-29(43-5)19-15-27)23-28-16-20-30(44-6)21-17-28/h14-21H,7-13,22-26H2,1-6H3. The van der Waals surface area contributed by atoms with Crippen molar-refractivity contribution in [1.29, 1.82) is 0 Å². The van der Waals surface area contributed by atoms with Gasteiger partial charge in [-0.2, -0.15) is 0 Å². The van der Waals surface area contributed by atoms with Gasteiger partial charge in [0.2, 0.25) is 0 Å². The molecule has 1 fully saturated rings. The van der Waals surface area contributed by atoms with Gasteiger partial charge in [-0.05, 0) is 86.9 Å². The molecule has 1 saturated heterocycles. The Hall–Kier alpha value is -3.62. The van der Waals surface area contributed by atoms with Gasteiger partial charge in [-0.3, -0.25) is 0 Å². The third kappa shape index (κ3) is 7.03. The Labute approximate surface area is 274 Å². The Kier molecular flexibility index (Phi) is 9.57. The molecule has 8 heteroatoms. The number of pyridine rings is 1. The summed E-state index contributed by atoms with van der Waals surface area (Å²) in [6.07, 6.45) is 7.50. The molecule has 3 heterocycles. The van der Waals surface area contributed by atoms with Crippen LogP contribution in [-0.2, 0) is 48.4 Å². The zero-order valence-corrected chi connectivity index (χ0v) is 28.5. The smallest absolute Gasteiger partial charge is 0.162 e. The maximum absolute atomic E-state index is 6.21. The highest BCUT2D eigenvalue weighted by Crippen LogP contribution is 2.39. The number of nitrogens with zero attached hydrogens (tertiary/aromatic N) is 4. The molecule has 8 nitrogen and oxygen atoms in total. The summed E-state index contributed by atoms with van der Waals surface area (Å²) in [4.78, 5) is 13.4. The third-order valence-corrected chi connectivity index (χ3v) is 9.42. The molecule has 0 spiro atoms. The van der Waals surface area contributed by atoms with Gasteiger partial charge in [0.1, 0.15) is 22.8 Å². The van der Waals surface area contributed by atoms with Crippen molar-refractivity contribution in [3.05, 3.63) is 76.7 Å². The second-order valence-corrected chi connectivity index (χ2v) is 13.8. The van der Waals surface area contributed by atoms with E-state index in [1.807, 2.05) is 38.1 Å². The van der Waals surface area contributed by atoms with Crippen LogP contribution in [0, 0.1) is 5.41 Å². The number of aryl methyl sites for hydroxylation is 3. The average Bonchev–Trinajstić information content (AvgIpc) is 3.43. The molecular weight excluding hydrogens is 576 g/mol. The quantitative estimate of drug-likeness (QED) is 0.160. The molecular formula is C38H50N4O4. The van der Waals surface area contributed by atoms with E-state index in [-0.39, 0.29) is 5.41 Å². The molecule has 6 rings (SSSR count). The lowest BCUT2D eigenvalue weighted by atomic mass is 9.90. The summed E-state index contributed by atoms with van der Waals surface area (Å²) in [5.74, 6) is 3.25. The predicted molar refractivity (Wildman–Crippen MR) is 183 cm³/mol. The van der Waals surface area contributed by atoms with E-state index in [0.29, 0.717) is 26.3 Å². The molecule has 0 saturated carbocycles. The number of unbranched alkanes of at least 4 members (excludes halogenated alkanes) is 1. The van der Waals surface area contributed by atoms with E-state index in [9.17, 15) is 0 Å². The monoisotopic (exact) mass is 626 g/mol. The Bertz CT molecular complexity index is 1570. The molecule has 4 aromatic rings. The van der Waals surface area contributed by atoms with Gasteiger partial charge in [0.15, 0.2) is 11.6 Å². The summed E-state index contributed by atoms with van der Waals surface area (Å²) >= 11 is 0. The van der Waals surface area contributed by atoms with Gasteiger partial charge >= 0.3 is 0 Å². The second kappa shape index (κ2) is 13.6. The molecule has 46 heavy (non-hydrogen) atoms. The van der Waals surface area contributed by atoms with Gasteiger partial charge in [0, 0.05) is 37.2 Å². The van der Waals surface area contributed by atoms with Crippen LogP contribution in [-0.4, -0.2) is 47.8 Å². The molecule has 0 unspecified atom stereocenters. The first-order valence-corrected chi connectivity index (χ1v) is 16.9. The van der Waals surface area contributed by atoms with Crippen LogP contribution in [0.15, 0.2) is 48.5 Å². The maximum atomic E-state index is 6.21. The largest absolute Gasteiger partial charge is 0.497 e. The minimum Gasteiger partial charge on any atom is -0.497 e. The van der Waals surface area contributed by atoms with Gasteiger partial charge in [0.25, 0.3) is 0 Å². The topological polar surface area (TPSA) is 70.9 Å². The highest BCUT2D eigenvalue weighted by molar-refractivity contribution is 5.90. The zero-order chi connectivity index (χ0) is 32.3. The number of ether oxygens (including phenoxy) is 4. The molecule has 2 aromatic heterocycles. The number of rotatable bonds is 12. The van der Waals surface area contributed by atoms with Crippen LogP contribution in [0.4, 0.5) is 5.82 Å². The number of methoxy groups -OCH3 is 2. The number of anilines is 1. The molecule has 2 aromatic carbocycles. The maximum Gasteiger partial charge on any atom is 0.162 e. The van der Waals surface area contributed by atoms with Crippen molar-refractivity contribution in [1.82, 2.24) is 14.5 Å². The number of benzene rings is 2. The summed E-state index contributed by atoms with van der Waals surface area (Å²) in [7, 11) is 3.41. The third-order valence-electron chi connectivity index (χ3n) is 9.42. The molecule has 1 aliphatic carbocycles. The molecule has 0 amide bonds. The first kappa shape index (κ1) is 32.3. The fourth-order valence-electron chi connectivity index (χ4n) is 6.69. The Morgan fingerprint density at radius 1 is 0.826 bits per heavy atom. The van der Waals surface area contributed by atoms with Crippen LogP contribution in [0.25, 0.3) is 11.0 Å². The lowest BCUT2D eigenvalue weighted by molar-refractivity contribution is -0.284. The number of hydrogen-bond acceptors (Lipinski definition) is 7. The Morgan fingerprint density at radius 2 is 1.41 bits per heavy atom. The van der Waals surface area contributed by atoms with E-state index in [2.05, 4.69) is 47.6 Å². The normalized spacial score (nSPS) is 17.1. The molecule has 0 N–H and O–H groups in total. The summed E-state index contributed by atoms with van der Waals surface area (Å²) in [6.45, 7) is 12.0. The molecule has 1 aliphatic heterocycles. The van der Waals surface area contributed by atoms with Crippen LogP contribution >= 0.6 is 0 Å². The molecule has 2 aliphatic rings. The number of imidazole rings is 1. The fourth-order valence-corrected chi connectivity index (χ4v) is 6.69. The van der Waals surface area contributed by atoms with Crippen molar-refractivity contribution in [2.45, 2.75) is 98.1 Å². The first-order valence-electron chi connectivity index (χ1n) is 16.9. The van der Waals surface area contributed by atoms with Gasteiger partial charge in [-0.25, -0.2) is 9.97 Å². The van der Waals surface area contributed by atoms with Crippen molar-refractivity contribution >= 4 is 16.9 Å². The number of hydrogen-bond donors (Lipinski definition) is 0. The average molecular weight is 627 g/mol. The summed E-state index contributed by atoms with van der Waals surface area (Å²) in [5, 5.41) is 0. The molecule has 0 atom stereocenters. The molecule has 0 radical (unpaired) electrons. The van der Waals surface area contributed by atoms with Crippen molar-refractivity contribution in [2.75, 3.05) is 32.3 Å². The van der Waals surface area contributed by atoms with E-state index < -0.39 is 5.79 Å². The molecule has 246 valence electrons. The highest BCUT2D eigenvalue weighted by Gasteiger charge is 2.38. The number of fused-ring (bicyclic) bond motifs is 3. The van der Waals surface area contributed by atoms with Gasteiger partial charge in [-0.15, -0.1) is 0 Å². The molecule has 0 bridgehead atoms. The van der Waals surface area contributed by atoms with E-state index >= 15 is 0 Å². The van der Waals surface area contributed by atoms with Crippen LogP contribution in [0.1, 0.15) is 81.6 Å². The van der Waals surface area contributed by atoms with Crippen molar-refractivity contribution in [3.63, 3.8) is 0 Å². The summed E-state index contributed by atoms with van der Waals surface area (Å²) in [5.41, 5.74) is 7.07. The van der Waals surface area contributed by atoms with Crippen LogP contribution < -0.4 is 14.4 Å². The predicted octanol–water partition coefficient (Wildman–Crippen LogP) is 7.67. The van der Waals surface area contributed by atoms with Gasteiger partial charge in [0.05, 0.1) is 33.0 Å². The minimum absolute atomic E-state index is 0.166. The van der Waals surface area contributed by atoms with Crippen LogP contribution in [0.5, 0.6) is 11.5 Å². The summed E-state index contributed by atoms with van der Waals surface area (Å²) in [6, 6.07) is 16.7. The fraction of sp³-hybridized carbons (Fsp3) is 0.526. The second-order valence-electron chi connectivity index (χ2n) is 13.8. The van der Waals surface area contributed by atoms with E-state index in [4.69, 9.17) is 28.9 Å².